The molecule has 1 atom stereocenters. The molecule has 1 heterocycles. The predicted octanol–water partition coefficient (Wildman–Crippen LogP) is 2.29. The zero-order chi connectivity index (χ0) is 23.6. The number of carbonyl (C=O) groups is 3. The number of fused-ring (bicyclic) bond motifs is 1. The fourth-order valence-electron chi connectivity index (χ4n) is 3.55. The molecule has 8 nitrogen and oxygen atoms in total. The van der Waals surface area contributed by atoms with Crippen molar-refractivity contribution in [3.8, 4) is 0 Å². The first kappa shape index (κ1) is 25.6. The van der Waals surface area contributed by atoms with E-state index in [9.17, 15) is 22.8 Å². The second-order valence-electron chi connectivity index (χ2n) is 8.08. The molecule has 0 aliphatic heterocycles. The second kappa shape index (κ2) is 12.4. The normalized spacial score (nSPS) is 12.4. The van der Waals surface area contributed by atoms with Gasteiger partial charge >= 0.3 is 0 Å². The Hall–Kier alpha value is -2.68. The van der Waals surface area contributed by atoms with Crippen LogP contribution < -0.4 is 10.6 Å². The second-order valence-corrected chi connectivity index (χ2v) is 10.2. The zero-order valence-electron chi connectivity index (χ0n) is 18.8. The van der Waals surface area contributed by atoms with E-state index in [1.165, 1.54) is 0 Å². The van der Waals surface area contributed by atoms with Crippen molar-refractivity contribution < 1.29 is 22.8 Å². The molecule has 2 amide bonds. The third-order valence-corrected chi connectivity index (χ3v) is 6.04. The lowest BCUT2D eigenvalue weighted by molar-refractivity contribution is -0.128. The van der Waals surface area contributed by atoms with Crippen molar-refractivity contribution in [3.63, 3.8) is 0 Å². The summed E-state index contributed by atoms with van der Waals surface area (Å²) in [5.41, 5.74) is 2.11. The highest BCUT2D eigenvalue weighted by Crippen LogP contribution is 2.17. The number of aromatic nitrogens is 1. The van der Waals surface area contributed by atoms with Crippen LogP contribution in [0.25, 0.3) is 10.9 Å². The SMILES string of the molecule is CCC(=O)CCCCC[C@H](NC(=O)CS(C)(=O)=O)C(=O)NCCc1c[nH]c2ccccc12. The van der Waals surface area contributed by atoms with Gasteiger partial charge in [-0.3, -0.25) is 14.4 Å². The first-order valence-corrected chi connectivity index (χ1v) is 13.1. The topological polar surface area (TPSA) is 125 Å². The lowest BCUT2D eigenvalue weighted by Gasteiger charge is -2.18. The molecule has 0 radical (unpaired) electrons. The largest absolute Gasteiger partial charge is 0.361 e. The van der Waals surface area contributed by atoms with Crippen LogP contribution in [0.3, 0.4) is 0 Å². The van der Waals surface area contributed by atoms with Gasteiger partial charge in [-0.2, -0.15) is 0 Å². The number of rotatable bonds is 14. The fourth-order valence-corrected chi connectivity index (χ4v) is 4.11. The molecule has 32 heavy (non-hydrogen) atoms. The maximum absolute atomic E-state index is 12.7. The van der Waals surface area contributed by atoms with Crippen LogP contribution in [0.4, 0.5) is 0 Å². The van der Waals surface area contributed by atoms with Gasteiger partial charge in [-0.25, -0.2) is 8.42 Å². The average molecular weight is 464 g/mol. The number of para-hydroxylation sites is 1. The van der Waals surface area contributed by atoms with Crippen molar-refractivity contribution in [2.45, 2.75) is 57.9 Å². The number of hydrogen-bond acceptors (Lipinski definition) is 5. The van der Waals surface area contributed by atoms with Gasteiger partial charge < -0.3 is 15.6 Å². The molecule has 2 aromatic rings. The van der Waals surface area contributed by atoms with Gasteiger partial charge in [-0.05, 0) is 30.9 Å². The van der Waals surface area contributed by atoms with Gasteiger partial charge in [-0.1, -0.05) is 38.0 Å². The molecule has 0 aliphatic carbocycles. The maximum Gasteiger partial charge on any atom is 0.242 e. The number of ketones is 1. The average Bonchev–Trinajstić information content (AvgIpc) is 3.14. The van der Waals surface area contributed by atoms with Gasteiger partial charge in [-0.15, -0.1) is 0 Å². The molecular formula is C23H33N3O5S. The van der Waals surface area contributed by atoms with Gasteiger partial charge in [0.1, 0.15) is 17.6 Å². The number of H-pyrrole nitrogens is 1. The van der Waals surface area contributed by atoms with E-state index in [2.05, 4.69) is 15.6 Å². The summed E-state index contributed by atoms with van der Waals surface area (Å²) in [6.45, 7) is 2.22. The standard InChI is InChI=1S/C23H33N3O5S/c1-3-18(27)9-5-4-6-12-21(26-22(28)16-32(2,30)31)23(29)24-14-13-17-15-25-20-11-8-7-10-19(17)20/h7-8,10-11,15,21,25H,3-6,9,12-14,16H2,1-2H3,(H,24,29)(H,26,28)/t21-/m0/s1. The van der Waals surface area contributed by atoms with E-state index in [0.717, 1.165) is 35.6 Å². The predicted molar refractivity (Wildman–Crippen MR) is 125 cm³/mol. The molecule has 9 heteroatoms. The van der Waals surface area contributed by atoms with Crippen molar-refractivity contribution in [3.05, 3.63) is 36.0 Å². The number of aromatic amines is 1. The van der Waals surface area contributed by atoms with Gasteiger partial charge in [0.25, 0.3) is 0 Å². The van der Waals surface area contributed by atoms with Gasteiger partial charge in [0.05, 0.1) is 0 Å². The summed E-state index contributed by atoms with van der Waals surface area (Å²) in [4.78, 5) is 39.4. The fraction of sp³-hybridized carbons (Fsp3) is 0.522. The summed E-state index contributed by atoms with van der Waals surface area (Å²) < 4.78 is 22.8. The number of amides is 2. The van der Waals surface area contributed by atoms with Crippen LogP contribution in [0.5, 0.6) is 0 Å². The quantitative estimate of drug-likeness (QED) is 0.371. The first-order valence-electron chi connectivity index (χ1n) is 11.0. The molecule has 1 aromatic carbocycles. The highest BCUT2D eigenvalue weighted by Gasteiger charge is 2.22. The van der Waals surface area contributed by atoms with Gasteiger partial charge in [0.2, 0.25) is 11.8 Å². The highest BCUT2D eigenvalue weighted by atomic mass is 32.2. The smallest absolute Gasteiger partial charge is 0.242 e. The van der Waals surface area contributed by atoms with E-state index in [-0.39, 0.29) is 11.7 Å². The van der Waals surface area contributed by atoms with Crippen molar-refractivity contribution in [1.82, 2.24) is 15.6 Å². The Bertz CT molecular complexity index is 1030. The third-order valence-electron chi connectivity index (χ3n) is 5.26. The lowest BCUT2D eigenvalue weighted by atomic mass is 10.0. The summed E-state index contributed by atoms with van der Waals surface area (Å²) in [5, 5.41) is 6.50. The Balaban J connectivity index is 1.89. The van der Waals surface area contributed by atoms with Crippen molar-refractivity contribution >= 4 is 38.3 Å². The number of Topliss-reactive ketones (excluding diaryl/α,β-unsaturated/α-hetero) is 1. The number of unbranched alkanes of at least 4 members (excludes halogenated alkanes) is 2. The molecule has 0 aliphatic rings. The van der Waals surface area contributed by atoms with E-state index < -0.39 is 27.5 Å². The Morgan fingerprint density at radius 2 is 1.84 bits per heavy atom. The summed E-state index contributed by atoms with van der Waals surface area (Å²) in [6, 6.07) is 7.10. The molecule has 0 fully saturated rings. The molecule has 0 saturated carbocycles. The van der Waals surface area contributed by atoms with Crippen LogP contribution in [0.1, 0.15) is 51.0 Å². The van der Waals surface area contributed by atoms with Gasteiger partial charge in [0.15, 0.2) is 9.84 Å². The Morgan fingerprint density at radius 1 is 1.09 bits per heavy atom. The molecule has 2 rings (SSSR count). The molecule has 0 spiro atoms. The first-order chi connectivity index (χ1) is 15.2. The van der Waals surface area contributed by atoms with E-state index >= 15 is 0 Å². The third kappa shape index (κ3) is 8.82. The molecule has 3 N–H and O–H groups in total. The number of benzene rings is 1. The van der Waals surface area contributed by atoms with Crippen molar-refractivity contribution in [1.29, 1.82) is 0 Å². The van der Waals surface area contributed by atoms with Crippen LogP contribution in [0, 0.1) is 0 Å². The Kier molecular flexibility index (Phi) is 9.90. The van der Waals surface area contributed by atoms with Crippen LogP contribution in [-0.2, 0) is 30.6 Å². The minimum atomic E-state index is -3.49. The zero-order valence-corrected chi connectivity index (χ0v) is 19.6. The van der Waals surface area contributed by atoms with Gasteiger partial charge in [0, 0.05) is 42.7 Å². The molecule has 0 saturated heterocycles. The summed E-state index contributed by atoms with van der Waals surface area (Å²) in [5.74, 6) is -1.48. The van der Waals surface area contributed by atoms with Crippen LogP contribution in [0.15, 0.2) is 30.5 Å². The molecule has 0 unspecified atom stereocenters. The Labute approximate surface area is 189 Å². The maximum atomic E-state index is 12.7. The number of sulfone groups is 1. The highest BCUT2D eigenvalue weighted by molar-refractivity contribution is 7.91. The number of hydrogen-bond donors (Lipinski definition) is 3. The van der Waals surface area contributed by atoms with Crippen molar-refractivity contribution in [2.24, 2.45) is 0 Å². The minimum Gasteiger partial charge on any atom is -0.361 e. The van der Waals surface area contributed by atoms with E-state index in [1.54, 1.807) is 0 Å². The van der Waals surface area contributed by atoms with Crippen LogP contribution in [0.2, 0.25) is 0 Å². The summed E-state index contributed by atoms with van der Waals surface area (Å²) in [7, 11) is -3.49. The van der Waals surface area contributed by atoms with E-state index in [1.807, 2.05) is 37.4 Å². The molecule has 176 valence electrons. The Morgan fingerprint density at radius 3 is 2.56 bits per heavy atom. The molecule has 0 bridgehead atoms. The van der Waals surface area contributed by atoms with Crippen LogP contribution >= 0.6 is 0 Å². The van der Waals surface area contributed by atoms with E-state index in [0.29, 0.717) is 38.6 Å². The number of carbonyl (C=O) groups excluding carboxylic acids is 3. The summed E-state index contributed by atoms with van der Waals surface area (Å²) >= 11 is 0. The summed E-state index contributed by atoms with van der Waals surface area (Å²) in [6.07, 6.45) is 7.07. The minimum absolute atomic E-state index is 0.207. The van der Waals surface area contributed by atoms with Crippen LogP contribution in [-0.4, -0.2) is 55.6 Å². The number of nitrogens with one attached hydrogen (secondary N) is 3. The van der Waals surface area contributed by atoms with E-state index in [4.69, 9.17) is 0 Å². The lowest BCUT2D eigenvalue weighted by Crippen LogP contribution is -2.48. The molecule has 1 aromatic heterocycles. The monoisotopic (exact) mass is 463 g/mol. The van der Waals surface area contributed by atoms with Crippen molar-refractivity contribution in [2.75, 3.05) is 18.6 Å². The molecular weight excluding hydrogens is 430 g/mol.